The Bertz CT molecular complexity index is 946. The van der Waals surface area contributed by atoms with Crippen molar-refractivity contribution in [2.75, 3.05) is 27.2 Å². The monoisotopic (exact) mass is 381 g/mol. The highest BCUT2D eigenvalue weighted by Gasteiger charge is 2.45. The van der Waals surface area contributed by atoms with Crippen molar-refractivity contribution < 1.29 is 14.4 Å². The van der Waals surface area contributed by atoms with Gasteiger partial charge in [-0.15, -0.1) is 0 Å². The van der Waals surface area contributed by atoms with Crippen LogP contribution in [0.15, 0.2) is 36.5 Å². The molecule has 1 N–H and O–H groups in total. The van der Waals surface area contributed by atoms with Crippen LogP contribution in [-0.4, -0.2) is 76.8 Å². The van der Waals surface area contributed by atoms with Crippen molar-refractivity contribution in [2.24, 2.45) is 0 Å². The summed E-state index contributed by atoms with van der Waals surface area (Å²) in [7, 11) is 3.35. The number of hydrogen-bond acceptors (Lipinski definition) is 4. The molecule has 0 bridgehead atoms. The average Bonchev–Trinajstić information content (AvgIpc) is 3.10. The lowest BCUT2D eigenvalue weighted by Crippen LogP contribution is -2.55. The second-order valence-electron chi connectivity index (χ2n) is 7.53. The summed E-state index contributed by atoms with van der Waals surface area (Å²) in [6.45, 7) is 0.898. The van der Waals surface area contributed by atoms with Gasteiger partial charge >= 0.3 is 6.03 Å². The minimum absolute atomic E-state index is 0.0630. The summed E-state index contributed by atoms with van der Waals surface area (Å²) in [5.41, 5.74) is 1.85. The van der Waals surface area contributed by atoms with Crippen molar-refractivity contribution in [1.29, 1.82) is 0 Å². The van der Waals surface area contributed by atoms with Gasteiger partial charge < -0.3 is 20.0 Å². The molecule has 0 saturated carbocycles. The van der Waals surface area contributed by atoms with Gasteiger partial charge in [-0.05, 0) is 24.1 Å². The Kier molecular flexibility index (Phi) is 4.62. The van der Waals surface area contributed by atoms with E-state index in [1.54, 1.807) is 30.1 Å². The Morgan fingerprint density at radius 2 is 2.11 bits per heavy atom. The van der Waals surface area contributed by atoms with Crippen molar-refractivity contribution in [2.45, 2.75) is 25.0 Å². The number of carbonyl (C=O) groups is 3. The molecule has 2 saturated heterocycles. The fourth-order valence-electron chi connectivity index (χ4n) is 3.91. The molecule has 2 aliphatic heterocycles. The van der Waals surface area contributed by atoms with Crippen molar-refractivity contribution in [3.63, 3.8) is 0 Å². The summed E-state index contributed by atoms with van der Waals surface area (Å²) in [4.78, 5) is 46.1. The maximum absolute atomic E-state index is 12.6. The number of aromatic nitrogens is 1. The summed E-state index contributed by atoms with van der Waals surface area (Å²) >= 11 is 0. The van der Waals surface area contributed by atoms with E-state index in [9.17, 15) is 14.4 Å². The fourth-order valence-corrected chi connectivity index (χ4v) is 3.91. The molecule has 1 aromatic carbocycles. The zero-order valence-corrected chi connectivity index (χ0v) is 16.0. The van der Waals surface area contributed by atoms with Gasteiger partial charge in [-0.25, -0.2) is 4.79 Å². The van der Waals surface area contributed by atoms with E-state index in [2.05, 4.69) is 10.3 Å². The fraction of sp³-hybridized carbons (Fsp3) is 0.400. The van der Waals surface area contributed by atoms with Crippen LogP contribution in [0.4, 0.5) is 4.79 Å². The standard InChI is InChI=1S/C20H23N5O3/c1-23-12-18(26)25-11-15(8-17(25)19(23)27)22-20(28)24(2)10-13-7-14-5-3-4-6-16(14)21-9-13/h3-7,9,15,17H,8,10-12H2,1-2H3,(H,22,28)/t15-,17-/m0/s1. The van der Waals surface area contributed by atoms with Crippen LogP contribution in [0.1, 0.15) is 12.0 Å². The number of rotatable bonds is 3. The highest BCUT2D eigenvalue weighted by molar-refractivity contribution is 5.95. The smallest absolute Gasteiger partial charge is 0.317 e. The van der Waals surface area contributed by atoms with Crippen LogP contribution in [0.25, 0.3) is 10.9 Å². The third-order valence-electron chi connectivity index (χ3n) is 5.40. The highest BCUT2D eigenvalue weighted by Crippen LogP contribution is 2.23. The van der Waals surface area contributed by atoms with Crippen LogP contribution in [-0.2, 0) is 16.1 Å². The molecule has 4 rings (SSSR count). The molecule has 2 aromatic rings. The molecule has 28 heavy (non-hydrogen) atoms. The first-order valence-corrected chi connectivity index (χ1v) is 9.32. The van der Waals surface area contributed by atoms with Gasteiger partial charge in [0.2, 0.25) is 11.8 Å². The van der Waals surface area contributed by atoms with Crippen molar-refractivity contribution in [3.8, 4) is 0 Å². The lowest BCUT2D eigenvalue weighted by molar-refractivity contribution is -0.152. The molecule has 146 valence electrons. The van der Waals surface area contributed by atoms with E-state index in [0.29, 0.717) is 19.5 Å². The Labute approximate surface area is 163 Å². The van der Waals surface area contributed by atoms with Gasteiger partial charge in [0.05, 0.1) is 18.1 Å². The van der Waals surface area contributed by atoms with Crippen LogP contribution in [0.5, 0.6) is 0 Å². The van der Waals surface area contributed by atoms with Crippen LogP contribution in [0.2, 0.25) is 0 Å². The molecular formula is C20H23N5O3. The van der Waals surface area contributed by atoms with Gasteiger partial charge in [0.25, 0.3) is 0 Å². The maximum atomic E-state index is 12.6. The summed E-state index contributed by atoms with van der Waals surface area (Å²) in [5, 5.41) is 3.98. The highest BCUT2D eigenvalue weighted by atomic mass is 16.2. The van der Waals surface area contributed by atoms with E-state index in [1.807, 2.05) is 30.3 Å². The van der Waals surface area contributed by atoms with Gasteiger partial charge in [0.15, 0.2) is 0 Å². The Hall–Kier alpha value is -3.16. The molecule has 2 aliphatic rings. The van der Waals surface area contributed by atoms with Crippen LogP contribution in [0.3, 0.4) is 0 Å². The summed E-state index contributed by atoms with van der Waals surface area (Å²) in [6, 6.07) is 8.94. The number of pyridine rings is 1. The number of para-hydroxylation sites is 1. The number of carbonyl (C=O) groups excluding carboxylic acids is 3. The SMILES string of the molecule is CN(Cc1cnc2ccccc2c1)C(=O)N[C@H]1C[C@H]2C(=O)N(C)CC(=O)N2C1. The lowest BCUT2D eigenvalue weighted by Gasteiger charge is -2.33. The first kappa shape index (κ1) is 18.2. The number of nitrogens with zero attached hydrogens (tertiary/aromatic N) is 4. The van der Waals surface area contributed by atoms with Crippen molar-refractivity contribution in [3.05, 3.63) is 42.1 Å². The van der Waals surface area contributed by atoms with Gasteiger partial charge in [0, 0.05) is 38.8 Å². The minimum Gasteiger partial charge on any atom is -0.335 e. The maximum Gasteiger partial charge on any atom is 0.317 e. The Morgan fingerprint density at radius 1 is 1.32 bits per heavy atom. The van der Waals surface area contributed by atoms with Crippen molar-refractivity contribution in [1.82, 2.24) is 25.0 Å². The zero-order valence-electron chi connectivity index (χ0n) is 16.0. The topological polar surface area (TPSA) is 85.9 Å². The molecule has 0 spiro atoms. The third-order valence-corrected chi connectivity index (χ3v) is 5.40. The molecule has 8 nitrogen and oxygen atoms in total. The molecular weight excluding hydrogens is 358 g/mol. The summed E-state index contributed by atoms with van der Waals surface area (Å²) in [6.07, 6.45) is 2.22. The Balaban J connectivity index is 1.38. The number of likely N-dealkylation sites (N-methyl/N-ethyl adjacent to an activating group) is 1. The number of amides is 4. The van der Waals surface area contributed by atoms with Gasteiger partial charge in [-0.2, -0.15) is 0 Å². The van der Waals surface area contributed by atoms with E-state index in [-0.39, 0.29) is 30.4 Å². The molecule has 2 fully saturated rings. The van der Waals surface area contributed by atoms with Gasteiger partial charge in [-0.3, -0.25) is 14.6 Å². The van der Waals surface area contributed by atoms with Crippen LogP contribution in [0, 0.1) is 0 Å². The van der Waals surface area contributed by atoms with E-state index >= 15 is 0 Å². The quantitative estimate of drug-likeness (QED) is 0.853. The minimum atomic E-state index is -0.466. The number of piperazine rings is 1. The number of nitrogens with one attached hydrogen (secondary N) is 1. The third kappa shape index (κ3) is 3.37. The number of urea groups is 1. The summed E-state index contributed by atoms with van der Waals surface area (Å²) < 4.78 is 0. The molecule has 0 unspecified atom stereocenters. The van der Waals surface area contributed by atoms with E-state index < -0.39 is 6.04 Å². The first-order valence-electron chi connectivity index (χ1n) is 9.32. The number of benzene rings is 1. The first-order chi connectivity index (χ1) is 13.4. The van der Waals surface area contributed by atoms with Crippen LogP contribution >= 0.6 is 0 Å². The van der Waals surface area contributed by atoms with E-state index in [4.69, 9.17) is 0 Å². The second kappa shape index (κ2) is 7.10. The number of hydrogen-bond donors (Lipinski definition) is 1. The van der Waals surface area contributed by atoms with E-state index in [0.717, 1.165) is 16.5 Å². The molecule has 0 aliphatic carbocycles. The Morgan fingerprint density at radius 3 is 2.93 bits per heavy atom. The molecule has 8 heteroatoms. The van der Waals surface area contributed by atoms with Gasteiger partial charge in [0.1, 0.15) is 6.04 Å². The lowest BCUT2D eigenvalue weighted by atomic mass is 10.1. The molecule has 4 amide bonds. The predicted octanol–water partition coefficient (Wildman–Crippen LogP) is 0.818. The van der Waals surface area contributed by atoms with Crippen LogP contribution < -0.4 is 5.32 Å². The molecule has 1 aromatic heterocycles. The predicted molar refractivity (Wildman–Crippen MR) is 103 cm³/mol. The largest absolute Gasteiger partial charge is 0.335 e. The number of fused-ring (bicyclic) bond motifs is 2. The second-order valence-corrected chi connectivity index (χ2v) is 7.53. The van der Waals surface area contributed by atoms with E-state index in [1.165, 1.54) is 4.90 Å². The zero-order chi connectivity index (χ0) is 19.8. The average molecular weight is 381 g/mol. The van der Waals surface area contributed by atoms with Crippen molar-refractivity contribution >= 4 is 28.7 Å². The summed E-state index contributed by atoms with van der Waals surface area (Å²) in [5.74, 6) is -0.133. The molecule has 0 radical (unpaired) electrons. The molecule has 3 heterocycles. The van der Waals surface area contributed by atoms with Gasteiger partial charge in [-0.1, -0.05) is 18.2 Å². The molecule has 2 atom stereocenters. The normalized spacial score (nSPS) is 21.8.